The first-order valence-corrected chi connectivity index (χ1v) is 28.2. The maximum Gasteiger partial charge on any atom is 0.324 e. The second-order valence-corrected chi connectivity index (χ2v) is 21.2. The number of allylic oxidation sites excluding steroid dienone is 20. The van der Waals surface area contributed by atoms with E-state index in [9.17, 15) is 0 Å². The van der Waals surface area contributed by atoms with Gasteiger partial charge in [0.15, 0.2) is 0 Å². The lowest BCUT2D eigenvalue weighted by atomic mass is 9.90. The molecule has 12 rings (SSSR count). The molecule has 3 N–H and O–H groups in total. The molecule has 2 aliphatic heterocycles. The smallest absolute Gasteiger partial charge is 0.324 e. The molecule has 400 valence electrons. The minimum atomic E-state index is -0.633. The van der Waals surface area contributed by atoms with Gasteiger partial charge in [-0.15, -0.1) is 0 Å². The molecule has 4 heterocycles. The van der Waals surface area contributed by atoms with Gasteiger partial charge in [0.25, 0.3) is 12.2 Å². The molecule has 2 aromatic heterocycles. The van der Waals surface area contributed by atoms with E-state index in [1.807, 2.05) is 31.3 Å². The number of para-hydroxylation sites is 1. The van der Waals surface area contributed by atoms with Crippen molar-refractivity contribution < 1.29 is 9.15 Å². The van der Waals surface area contributed by atoms with Gasteiger partial charge in [-0.3, -0.25) is 0 Å². The Labute approximate surface area is 475 Å². The Balaban J connectivity index is 1.06. The quantitative estimate of drug-likeness (QED) is 0.0767. The van der Waals surface area contributed by atoms with Crippen LogP contribution in [0.15, 0.2) is 250 Å². The van der Waals surface area contributed by atoms with Crippen molar-refractivity contribution >= 4 is 73.5 Å². The summed E-state index contributed by atoms with van der Waals surface area (Å²) in [4.78, 5) is 13.2. The third-order valence-electron chi connectivity index (χ3n) is 16.1. The lowest BCUT2D eigenvalue weighted by Crippen LogP contribution is -2.43. The average molecular weight is 1060 g/mol. The molecule has 8 nitrogen and oxygen atoms in total. The molecule has 8 heteroatoms. The van der Waals surface area contributed by atoms with Gasteiger partial charge in [-0.2, -0.15) is 0 Å². The molecule has 4 atom stereocenters. The zero-order chi connectivity index (χ0) is 55.6. The maximum absolute atomic E-state index is 7.44. The van der Waals surface area contributed by atoms with Gasteiger partial charge in [0.2, 0.25) is 0 Å². The third-order valence-corrected chi connectivity index (χ3v) is 16.1. The Morgan fingerprint density at radius 2 is 1.72 bits per heavy atom. The lowest BCUT2D eigenvalue weighted by molar-refractivity contribution is 0.244. The topological polar surface area (TPSA) is 85.3 Å². The first-order chi connectivity index (χ1) is 39.7. The summed E-state index contributed by atoms with van der Waals surface area (Å²) in [7, 11) is 1.94. The minimum Gasteiger partial charge on any atom is -0.488 e. The van der Waals surface area contributed by atoms with Crippen molar-refractivity contribution in [1.82, 2.24) is 9.88 Å². The van der Waals surface area contributed by atoms with Crippen LogP contribution in [0.2, 0.25) is 0 Å². The van der Waals surface area contributed by atoms with Crippen molar-refractivity contribution in [1.29, 1.82) is 0 Å². The summed E-state index contributed by atoms with van der Waals surface area (Å²) in [5.74, 6) is 1.60. The van der Waals surface area contributed by atoms with Crippen molar-refractivity contribution in [3.63, 3.8) is 0 Å². The van der Waals surface area contributed by atoms with Crippen LogP contribution in [-0.2, 0) is 4.74 Å². The second-order valence-electron chi connectivity index (χ2n) is 21.2. The molecular weight excluding hydrogens is 993 g/mol. The summed E-state index contributed by atoms with van der Waals surface area (Å²) >= 11 is 0. The monoisotopic (exact) mass is 1060 g/mol. The van der Waals surface area contributed by atoms with Crippen molar-refractivity contribution in [3.05, 3.63) is 279 Å². The molecule has 0 saturated heterocycles. The van der Waals surface area contributed by atoms with Gasteiger partial charge in [0.1, 0.15) is 29.4 Å². The number of anilines is 1. The Morgan fingerprint density at radius 1 is 0.889 bits per heavy atom. The lowest BCUT2D eigenvalue weighted by Gasteiger charge is -2.36. The van der Waals surface area contributed by atoms with E-state index in [1.54, 1.807) is 0 Å². The van der Waals surface area contributed by atoms with Gasteiger partial charge in [0, 0.05) is 75.0 Å². The highest BCUT2D eigenvalue weighted by Crippen LogP contribution is 2.47. The number of rotatable bonds is 11. The molecule has 0 fully saturated rings. The number of nitrogens with one attached hydrogen (secondary N) is 1. The van der Waals surface area contributed by atoms with Crippen LogP contribution in [0.4, 0.5) is 5.69 Å². The molecule has 81 heavy (non-hydrogen) atoms. The molecule has 0 saturated carbocycles. The van der Waals surface area contributed by atoms with Gasteiger partial charge < -0.3 is 29.7 Å². The molecule has 4 unspecified atom stereocenters. The van der Waals surface area contributed by atoms with Gasteiger partial charge >= 0.3 is 6.07 Å². The molecule has 0 amide bonds. The van der Waals surface area contributed by atoms with Crippen LogP contribution in [0, 0.1) is 18.9 Å². The predicted molar refractivity (Wildman–Crippen MR) is 342 cm³/mol. The highest BCUT2D eigenvalue weighted by atomic mass is 16.5. The van der Waals surface area contributed by atoms with Gasteiger partial charge in [-0.1, -0.05) is 187 Å². The molecule has 6 aliphatic rings. The molecule has 4 aromatic carbocycles. The molecule has 2 bridgehead atoms. The van der Waals surface area contributed by atoms with Crippen molar-refractivity contribution in [2.24, 2.45) is 16.6 Å². The number of fused-ring (bicyclic) bond motifs is 11. The third kappa shape index (κ3) is 10.1. The molecular formula is C73H67N6O2+. The number of nitrogens with two attached hydrogens (primary N) is 1. The fourth-order valence-corrected chi connectivity index (χ4v) is 11.8. The van der Waals surface area contributed by atoms with E-state index in [0.29, 0.717) is 12.3 Å². The Bertz CT molecular complexity index is 4160. The molecule has 0 radical (unpaired) electrons. The van der Waals surface area contributed by atoms with E-state index in [4.69, 9.17) is 24.7 Å². The first-order valence-electron chi connectivity index (χ1n) is 28.2. The Kier molecular flexibility index (Phi) is 14.6. The molecule has 0 spiro atoms. The van der Waals surface area contributed by atoms with E-state index in [-0.39, 0.29) is 18.0 Å². The minimum absolute atomic E-state index is 0.0247. The van der Waals surface area contributed by atoms with Gasteiger partial charge in [-0.05, 0) is 116 Å². The average Bonchev–Trinajstić information content (AvgIpc) is 3.29. The zero-order valence-corrected chi connectivity index (χ0v) is 46.7. The predicted octanol–water partition coefficient (Wildman–Crippen LogP) is 16.8. The number of aliphatic imine (C=N–C) groups is 1. The summed E-state index contributed by atoms with van der Waals surface area (Å²) in [5.41, 5.74) is 26.0. The SMILES string of the molecule is C=CC1=C(/C=C\C)C2=CCC(C(C)/C=C(\C=C(/N)c3ccc4oc5ccccc5c4c3)n3c4c(c5c6c(ccc53)N(C(C#[N+]C(C)C3=CCC=CC=C3)/N=C(\NC)c3ccc(C)cc3)C3C=CC=CC6=C3)C=CCC=C4)=CC=C2OC1. The van der Waals surface area contributed by atoms with Crippen LogP contribution in [-0.4, -0.2) is 42.3 Å². The van der Waals surface area contributed by atoms with Crippen LogP contribution >= 0.6 is 0 Å². The van der Waals surface area contributed by atoms with Crippen LogP contribution in [0.1, 0.15) is 73.5 Å². The molecule has 4 aliphatic carbocycles. The van der Waals surface area contributed by atoms with E-state index in [2.05, 4.69) is 243 Å². The number of nitrogens with zero attached hydrogens (tertiary/aromatic N) is 4. The Hall–Kier alpha value is -9.58. The number of amidine groups is 1. The van der Waals surface area contributed by atoms with E-state index >= 15 is 0 Å². The fourth-order valence-electron chi connectivity index (χ4n) is 11.8. The van der Waals surface area contributed by atoms with Crippen molar-refractivity contribution in [2.45, 2.75) is 65.2 Å². The van der Waals surface area contributed by atoms with Crippen LogP contribution in [0.5, 0.6) is 0 Å². The van der Waals surface area contributed by atoms with E-state index in [1.165, 1.54) is 11.1 Å². The summed E-state index contributed by atoms with van der Waals surface area (Å²) in [6.45, 7) is 13.2. The highest BCUT2D eigenvalue weighted by Gasteiger charge is 2.36. The van der Waals surface area contributed by atoms with Crippen LogP contribution in [0.3, 0.4) is 0 Å². The molecule has 6 aromatic rings. The zero-order valence-electron chi connectivity index (χ0n) is 46.7. The number of hydrogen-bond acceptors (Lipinski definition) is 5. The van der Waals surface area contributed by atoms with Gasteiger partial charge in [-0.25, -0.2) is 4.99 Å². The first kappa shape index (κ1) is 52.1. The number of benzene rings is 4. The summed E-state index contributed by atoms with van der Waals surface area (Å²) < 4.78 is 15.1. The maximum atomic E-state index is 7.44. The number of aromatic nitrogens is 1. The van der Waals surface area contributed by atoms with E-state index in [0.717, 1.165) is 131 Å². The number of aryl methyl sites for hydroxylation is 1. The number of ether oxygens (including phenoxy) is 1. The standard InChI is InChI=1S/C73H67N6O2/c1-7-20-58-50(8-2)46-80-67-39-34-51(33-36-60(58)67)48(4)41-57(44-63(74)54-35-40-69-62(43-54)59-25-18-19-28-68(59)81-69)78-64-27-15-11-14-26-61(64)72-66(78)38-37-65-71(72)55-23-16-17-24-56(42-55)79(65)70(45-76-49(5)52-21-12-9-10-13-22-52)77-73(75-6)53-31-29-47(3)30-32-53/h7-10,12,14-32,34-44,48-49,56,70H,2,11,13,33,46,74H2,1,3-6H3,(H,75,77)/q+1/b20-7-,57-41+,63-44-. The Morgan fingerprint density at radius 3 is 2.57 bits per heavy atom. The fraction of sp³-hybridized carbons (Fsp3) is 0.178. The normalized spacial score (nSPS) is 19.0. The largest absolute Gasteiger partial charge is 0.488 e. The van der Waals surface area contributed by atoms with E-state index < -0.39 is 6.17 Å². The van der Waals surface area contributed by atoms with Crippen LogP contribution in [0.25, 0.3) is 66.8 Å². The van der Waals surface area contributed by atoms with Crippen molar-refractivity contribution in [2.75, 3.05) is 18.6 Å². The van der Waals surface area contributed by atoms with Crippen molar-refractivity contribution in [3.8, 4) is 6.07 Å². The van der Waals surface area contributed by atoms with Crippen LogP contribution < -0.4 is 16.0 Å². The summed E-state index contributed by atoms with van der Waals surface area (Å²) in [5, 5.41) is 6.67. The summed E-state index contributed by atoms with van der Waals surface area (Å²) in [6, 6.07) is 30.8. The second kappa shape index (κ2) is 22.6. The summed E-state index contributed by atoms with van der Waals surface area (Å²) in [6.07, 6.45) is 50.2. The number of furan rings is 1. The number of hydrogen-bond donors (Lipinski definition) is 2. The highest BCUT2D eigenvalue weighted by molar-refractivity contribution is 6.10. The van der Waals surface area contributed by atoms with Gasteiger partial charge in [0.05, 0.1) is 17.3 Å².